The molecular formula is C68H42N4O. The summed E-state index contributed by atoms with van der Waals surface area (Å²) in [6.45, 7) is 0. The molecule has 0 N–H and O–H groups in total. The second-order valence-electron chi connectivity index (χ2n) is 19.2. The van der Waals surface area contributed by atoms with Gasteiger partial charge in [-0.25, -0.2) is 0 Å². The fraction of sp³-hybridized carbons (Fsp3) is 0. The third kappa shape index (κ3) is 5.79. The number of furan rings is 1. The molecule has 0 atom stereocenters. The molecule has 0 radical (unpaired) electrons. The van der Waals surface area contributed by atoms with Crippen molar-refractivity contribution in [3.63, 3.8) is 0 Å². The van der Waals surface area contributed by atoms with Crippen molar-refractivity contribution in [1.82, 2.24) is 18.3 Å². The van der Waals surface area contributed by atoms with E-state index in [-0.39, 0.29) is 0 Å². The quantitative estimate of drug-likeness (QED) is 0.164. The molecule has 0 bridgehead atoms. The maximum Gasteiger partial charge on any atom is 0.135 e. The van der Waals surface area contributed by atoms with Crippen molar-refractivity contribution >= 4 is 98.3 Å². The van der Waals surface area contributed by atoms with Crippen LogP contribution in [-0.2, 0) is 0 Å². The van der Waals surface area contributed by atoms with Crippen molar-refractivity contribution in [3.8, 4) is 45.1 Å². The Bertz CT molecular complexity index is 4630. The van der Waals surface area contributed by atoms with Crippen LogP contribution >= 0.6 is 0 Å². The Morgan fingerprint density at radius 2 is 0.534 bits per heavy atom. The van der Waals surface area contributed by atoms with Gasteiger partial charge in [0.25, 0.3) is 0 Å². The smallest absolute Gasteiger partial charge is 0.135 e. The number of fused-ring (bicyclic) bond motifs is 13. The van der Waals surface area contributed by atoms with E-state index in [0.717, 1.165) is 72.5 Å². The van der Waals surface area contributed by atoms with Crippen molar-refractivity contribution in [3.05, 3.63) is 255 Å². The Labute approximate surface area is 418 Å². The Morgan fingerprint density at radius 3 is 0.973 bits per heavy atom. The topological polar surface area (TPSA) is 32.9 Å². The van der Waals surface area contributed by atoms with Gasteiger partial charge in [0.05, 0.1) is 44.3 Å². The molecule has 0 spiro atoms. The summed E-state index contributed by atoms with van der Waals surface area (Å²) in [5.41, 5.74) is 19.0. The molecule has 0 aliphatic rings. The molecule has 0 saturated carbocycles. The lowest BCUT2D eigenvalue weighted by atomic mass is 9.98. The number of hydrogen-bond donors (Lipinski definition) is 0. The molecule has 73 heavy (non-hydrogen) atoms. The van der Waals surface area contributed by atoms with Crippen molar-refractivity contribution in [2.75, 3.05) is 0 Å². The normalized spacial score (nSPS) is 12.1. The van der Waals surface area contributed by atoms with Crippen molar-refractivity contribution in [2.45, 2.75) is 0 Å². The minimum atomic E-state index is 0.851. The molecule has 0 aliphatic heterocycles. The molecule has 5 heterocycles. The van der Waals surface area contributed by atoms with E-state index in [1.165, 1.54) is 70.9 Å². The maximum absolute atomic E-state index is 6.70. The van der Waals surface area contributed by atoms with Gasteiger partial charge in [-0.3, -0.25) is 0 Å². The van der Waals surface area contributed by atoms with Gasteiger partial charge < -0.3 is 22.7 Å². The predicted octanol–water partition coefficient (Wildman–Crippen LogP) is 18.2. The first kappa shape index (κ1) is 39.9. The Balaban J connectivity index is 0.937. The largest absolute Gasteiger partial charge is 0.456 e. The van der Waals surface area contributed by atoms with Gasteiger partial charge in [-0.15, -0.1) is 0 Å². The zero-order valence-electron chi connectivity index (χ0n) is 39.4. The lowest BCUT2D eigenvalue weighted by Crippen LogP contribution is -1.97. The molecule has 5 aromatic heterocycles. The molecule has 0 saturated heterocycles. The Kier molecular flexibility index (Phi) is 8.39. The van der Waals surface area contributed by atoms with Crippen LogP contribution < -0.4 is 0 Å². The average Bonchev–Trinajstić information content (AvgIpc) is 4.26. The van der Waals surface area contributed by atoms with Crippen LogP contribution in [0.5, 0.6) is 0 Å². The zero-order chi connectivity index (χ0) is 47.7. The van der Waals surface area contributed by atoms with E-state index in [2.05, 4.69) is 273 Å². The highest BCUT2D eigenvalue weighted by molar-refractivity contribution is 6.15. The maximum atomic E-state index is 6.70. The highest BCUT2D eigenvalue weighted by Crippen LogP contribution is 2.45. The monoisotopic (exact) mass is 930 g/mol. The van der Waals surface area contributed by atoms with E-state index < -0.39 is 0 Å². The van der Waals surface area contributed by atoms with E-state index in [9.17, 15) is 0 Å². The van der Waals surface area contributed by atoms with Crippen LogP contribution in [0.1, 0.15) is 0 Å². The first-order valence-corrected chi connectivity index (χ1v) is 25.0. The van der Waals surface area contributed by atoms with Gasteiger partial charge in [0, 0.05) is 76.8 Å². The molecule has 5 nitrogen and oxygen atoms in total. The second kappa shape index (κ2) is 15.3. The van der Waals surface area contributed by atoms with E-state index in [0.29, 0.717) is 0 Å². The molecule has 0 fully saturated rings. The number of benzene rings is 11. The van der Waals surface area contributed by atoms with E-state index >= 15 is 0 Å². The van der Waals surface area contributed by atoms with Gasteiger partial charge in [-0.2, -0.15) is 0 Å². The van der Waals surface area contributed by atoms with E-state index in [4.69, 9.17) is 4.42 Å². The number of aromatic nitrogens is 4. The van der Waals surface area contributed by atoms with Crippen LogP contribution in [-0.4, -0.2) is 18.3 Å². The standard InChI is InChI=1S/C68H42N4O/c1-3-17-43(18-4-1)67-53-25-11-16-30-62(53)72(68(67)44-19-5-2-6-20-44)48-34-38-66-57(42-48)56-41-47(33-37-65(56)73-66)71-63-35-31-45(69-58-26-12-7-21-49(58)50-22-8-13-27-59(50)69)39-54(63)55-40-46(32-36-64(55)71)70-60-28-14-9-23-51(60)52-24-10-15-29-61(52)70/h1-42H. The molecule has 0 aliphatic carbocycles. The van der Waals surface area contributed by atoms with Gasteiger partial charge in [0.1, 0.15) is 11.2 Å². The first-order valence-electron chi connectivity index (χ1n) is 25.0. The zero-order valence-corrected chi connectivity index (χ0v) is 39.4. The van der Waals surface area contributed by atoms with Crippen LogP contribution in [0, 0.1) is 0 Å². The summed E-state index contributed by atoms with van der Waals surface area (Å²) in [7, 11) is 0. The third-order valence-electron chi connectivity index (χ3n) is 15.3. The lowest BCUT2D eigenvalue weighted by molar-refractivity contribution is 0.669. The van der Waals surface area contributed by atoms with Crippen LogP contribution in [0.3, 0.4) is 0 Å². The molecule has 11 aromatic carbocycles. The highest BCUT2D eigenvalue weighted by Gasteiger charge is 2.23. The molecule has 5 heteroatoms. The average molecular weight is 931 g/mol. The molecule has 340 valence electrons. The van der Waals surface area contributed by atoms with Crippen LogP contribution in [0.2, 0.25) is 0 Å². The molecule has 16 aromatic rings. The number of rotatable bonds is 6. The highest BCUT2D eigenvalue weighted by atomic mass is 16.3. The van der Waals surface area contributed by atoms with Crippen molar-refractivity contribution in [1.29, 1.82) is 0 Å². The summed E-state index contributed by atoms with van der Waals surface area (Å²) in [5, 5.41) is 10.7. The fourth-order valence-corrected chi connectivity index (χ4v) is 12.3. The van der Waals surface area contributed by atoms with Crippen LogP contribution in [0.4, 0.5) is 0 Å². The second-order valence-corrected chi connectivity index (χ2v) is 19.2. The molecule has 16 rings (SSSR count). The number of para-hydroxylation sites is 5. The summed E-state index contributed by atoms with van der Waals surface area (Å²) in [6, 6.07) is 92.7. The number of nitrogens with zero attached hydrogens (tertiary/aromatic N) is 4. The van der Waals surface area contributed by atoms with Gasteiger partial charge in [0.15, 0.2) is 0 Å². The SMILES string of the molecule is c1ccc(-c2c(-c3ccccc3)n(-c3ccc4oc5ccc(-n6c7ccc(-n8c9ccccc9c9ccccc98)cc7c7cc(-n8c9ccccc9c9ccccc98)ccc76)cc5c4c3)c3ccccc23)cc1. The minimum absolute atomic E-state index is 0.851. The Hall–Kier alpha value is -9.84. The van der Waals surface area contributed by atoms with Gasteiger partial charge in [-0.1, -0.05) is 152 Å². The summed E-state index contributed by atoms with van der Waals surface area (Å²) in [5.74, 6) is 0. The minimum Gasteiger partial charge on any atom is -0.456 e. The summed E-state index contributed by atoms with van der Waals surface area (Å²) in [6.07, 6.45) is 0. The van der Waals surface area contributed by atoms with Gasteiger partial charge in [-0.05, 0) is 114 Å². The predicted molar refractivity (Wildman–Crippen MR) is 304 cm³/mol. The Morgan fingerprint density at radius 1 is 0.219 bits per heavy atom. The summed E-state index contributed by atoms with van der Waals surface area (Å²) >= 11 is 0. The first-order chi connectivity index (χ1) is 36.2. The number of hydrogen-bond acceptors (Lipinski definition) is 1. The summed E-state index contributed by atoms with van der Waals surface area (Å²) in [4.78, 5) is 0. The molecular weight excluding hydrogens is 889 g/mol. The van der Waals surface area contributed by atoms with Crippen LogP contribution in [0.15, 0.2) is 259 Å². The van der Waals surface area contributed by atoms with Gasteiger partial charge in [0.2, 0.25) is 0 Å². The van der Waals surface area contributed by atoms with Crippen LogP contribution in [0.25, 0.3) is 143 Å². The summed E-state index contributed by atoms with van der Waals surface area (Å²) < 4.78 is 16.4. The van der Waals surface area contributed by atoms with Crippen molar-refractivity contribution in [2.24, 2.45) is 0 Å². The molecule has 0 amide bonds. The van der Waals surface area contributed by atoms with E-state index in [1.54, 1.807) is 0 Å². The molecule has 0 unspecified atom stereocenters. The lowest BCUT2D eigenvalue weighted by Gasteiger charge is -2.14. The third-order valence-corrected chi connectivity index (χ3v) is 15.3. The fourth-order valence-electron chi connectivity index (χ4n) is 12.3. The van der Waals surface area contributed by atoms with Gasteiger partial charge >= 0.3 is 0 Å². The van der Waals surface area contributed by atoms with Crippen molar-refractivity contribution < 1.29 is 4.42 Å². The van der Waals surface area contributed by atoms with E-state index in [1.807, 2.05) is 0 Å².